The van der Waals surface area contributed by atoms with Crippen molar-refractivity contribution in [2.75, 3.05) is 67.4 Å². The average molecular weight is 993 g/mol. The van der Waals surface area contributed by atoms with Crippen LogP contribution in [0.3, 0.4) is 0 Å². The number of hydrogen-bond donors (Lipinski definition) is 1. The van der Waals surface area contributed by atoms with E-state index >= 15 is 0 Å². The molecule has 2 saturated heterocycles. The molecule has 0 aliphatic carbocycles. The predicted octanol–water partition coefficient (Wildman–Crippen LogP) is 8.99. The summed E-state index contributed by atoms with van der Waals surface area (Å²) in [7, 11) is -7.42. The minimum atomic E-state index is -3.92. The minimum absolute atomic E-state index is 0. The Labute approximate surface area is 400 Å². The number of nitro benzene ring substituents is 1. The van der Waals surface area contributed by atoms with Gasteiger partial charge in [0.05, 0.1) is 20.2 Å². The molecular weight excluding hydrogens is 944 g/mol. The second-order valence-electron chi connectivity index (χ2n) is 15.7. The number of H-pyrrole nitrogens is 1. The lowest BCUT2D eigenvalue weighted by Crippen LogP contribution is -2.45. The number of anilines is 2. The van der Waals surface area contributed by atoms with Gasteiger partial charge in [0, 0.05) is 94.3 Å². The van der Waals surface area contributed by atoms with Gasteiger partial charge in [-0.25, -0.2) is 25.6 Å². The molecule has 352 valence electrons. The molecule has 1 N–H and O–H groups in total. The van der Waals surface area contributed by atoms with Gasteiger partial charge >= 0.3 is 0 Å². The van der Waals surface area contributed by atoms with Crippen LogP contribution in [0.4, 0.5) is 25.8 Å². The fraction of sp³-hybridized carbons (Fsp3) is 0.229. The normalized spacial score (nSPS) is 14.6. The molecule has 3 heterocycles. The fourth-order valence-electron chi connectivity index (χ4n) is 7.65. The van der Waals surface area contributed by atoms with Crippen LogP contribution in [-0.4, -0.2) is 99.3 Å². The van der Waals surface area contributed by atoms with Gasteiger partial charge < -0.3 is 9.80 Å². The van der Waals surface area contributed by atoms with Gasteiger partial charge in [0.1, 0.15) is 16.8 Å². The quantitative estimate of drug-likeness (QED) is 0.0751. The summed E-state index contributed by atoms with van der Waals surface area (Å²) in [6.07, 6.45) is 0. The number of aromatic amines is 1. The average Bonchev–Trinajstić information content (AvgIpc) is 3.78. The van der Waals surface area contributed by atoms with E-state index in [0.29, 0.717) is 10.9 Å². The molecule has 2 fully saturated rings. The van der Waals surface area contributed by atoms with Gasteiger partial charge in [0.15, 0.2) is 14.9 Å². The number of nitrogens with one attached hydrogen (secondary N) is 1. The predicted molar refractivity (Wildman–Crippen MR) is 260 cm³/mol. The summed E-state index contributed by atoms with van der Waals surface area (Å²) < 4.78 is 74.5. The number of non-ortho nitro benzene ring substituents is 1. The molecule has 0 radical (unpaired) electrons. The third kappa shape index (κ3) is 13.4. The van der Waals surface area contributed by atoms with Gasteiger partial charge in [0.25, 0.3) is 5.69 Å². The molecule has 7 aromatic rings. The van der Waals surface area contributed by atoms with Crippen LogP contribution < -0.4 is 9.80 Å². The maximum Gasteiger partial charge on any atom is 0.269 e. The molecule has 1 aromatic heterocycles. The number of benzene rings is 6. The van der Waals surface area contributed by atoms with Gasteiger partial charge in [-0.05, 0) is 77.9 Å². The second kappa shape index (κ2) is 23.2. The number of nitro groups is 1. The molecule has 0 amide bonds. The standard InChI is InChI=1S/C24H23FN4O2S.C17H19N3O2.C7H6ClFO2S.ClH/c25-19-7-4-8-21(15-19)32(30,31)24-22-16-20(9-10-23(22)26-27-24)29-13-11-28(12-14-29)17-18-5-2-1-3-6-18;21-20(22)17-8-6-16(7-9-17)19-12-10-18(11-13-19)14-15-4-2-1-3-5-15;8-5-12(10,11)7-3-1-2-6(9)4-7;/h1-10,15-16H,11-14,17H2,(H,26,27);1-9H,10-14H2;1-4H,5H2;1H. The highest BCUT2D eigenvalue weighted by atomic mass is 35.5. The molecule has 0 atom stereocenters. The number of piperazine rings is 2. The number of fused-ring (bicyclic) bond motifs is 1. The van der Waals surface area contributed by atoms with E-state index in [2.05, 4.69) is 78.3 Å². The maximum atomic E-state index is 13.6. The summed E-state index contributed by atoms with van der Waals surface area (Å²) in [5, 5.41) is 17.5. The molecule has 0 saturated carbocycles. The third-order valence-corrected chi connectivity index (χ3v) is 15.1. The van der Waals surface area contributed by atoms with Crippen molar-refractivity contribution in [1.82, 2.24) is 20.0 Å². The van der Waals surface area contributed by atoms with E-state index in [0.717, 1.165) is 89.0 Å². The largest absolute Gasteiger partial charge is 0.369 e. The Hall–Kier alpha value is -5.95. The lowest BCUT2D eigenvalue weighted by atomic mass is 10.1. The zero-order valence-corrected chi connectivity index (χ0v) is 39.4. The van der Waals surface area contributed by atoms with Crippen molar-refractivity contribution in [3.63, 3.8) is 0 Å². The minimum Gasteiger partial charge on any atom is -0.369 e. The van der Waals surface area contributed by atoms with Crippen molar-refractivity contribution in [1.29, 1.82) is 0 Å². The molecule has 6 aromatic carbocycles. The van der Waals surface area contributed by atoms with Crippen molar-refractivity contribution >= 4 is 71.6 Å². The van der Waals surface area contributed by atoms with Crippen LogP contribution in [0.1, 0.15) is 11.1 Å². The Bertz CT molecular complexity index is 2940. The van der Waals surface area contributed by atoms with Gasteiger partial charge in [-0.3, -0.25) is 25.0 Å². The first-order valence-electron chi connectivity index (χ1n) is 21.1. The molecular formula is C48H49Cl2F2N7O6S2. The summed E-state index contributed by atoms with van der Waals surface area (Å²) in [6.45, 7) is 9.36. The van der Waals surface area contributed by atoms with Crippen LogP contribution in [0.5, 0.6) is 0 Å². The first kappa shape index (κ1) is 50.5. The van der Waals surface area contributed by atoms with Gasteiger partial charge in [0.2, 0.25) is 9.84 Å². The smallest absolute Gasteiger partial charge is 0.269 e. The molecule has 13 nitrogen and oxygen atoms in total. The monoisotopic (exact) mass is 991 g/mol. The van der Waals surface area contributed by atoms with Gasteiger partial charge in [-0.2, -0.15) is 5.10 Å². The highest BCUT2D eigenvalue weighted by molar-refractivity contribution is 7.92. The molecule has 0 spiro atoms. The first-order chi connectivity index (χ1) is 31.8. The van der Waals surface area contributed by atoms with E-state index in [1.807, 2.05) is 42.5 Å². The summed E-state index contributed by atoms with van der Waals surface area (Å²) in [4.78, 5) is 19.6. The number of nitrogens with zero attached hydrogens (tertiary/aromatic N) is 6. The van der Waals surface area contributed by atoms with E-state index < -0.39 is 36.5 Å². The topological polar surface area (TPSA) is 153 Å². The lowest BCUT2D eigenvalue weighted by Gasteiger charge is -2.36. The zero-order valence-electron chi connectivity index (χ0n) is 36.2. The number of aromatic nitrogens is 2. The fourth-order valence-corrected chi connectivity index (χ4v) is 10.1. The van der Waals surface area contributed by atoms with Gasteiger partial charge in [-0.1, -0.05) is 72.8 Å². The van der Waals surface area contributed by atoms with Crippen LogP contribution in [0.25, 0.3) is 10.9 Å². The number of sulfone groups is 2. The summed E-state index contributed by atoms with van der Waals surface area (Å²) in [6, 6.07) is 43.2. The Morgan fingerprint density at radius 3 is 1.57 bits per heavy atom. The van der Waals surface area contributed by atoms with Crippen molar-refractivity contribution in [2.24, 2.45) is 0 Å². The molecule has 9 rings (SSSR count). The van der Waals surface area contributed by atoms with E-state index in [9.17, 15) is 35.7 Å². The van der Waals surface area contributed by atoms with Gasteiger partial charge in [-0.15, -0.1) is 24.0 Å². The van der Waals surface area contributed by atoms with E-state index in [1.54, 1.807) is 12.1 Å². The Balaban J connectivity index is 0.000000183. The first-order valence-corrected chi connectivity index (χ1v) is 24.8. The van der Waals surface area contributed by atoms with E-state index in [4.69, 9.17) is 11.6 Å². The van der Waals surface area contributed by atoms with E-state index in [-0.39, 0.29) is 37.8 Å². The van der Waals surface area contributed by atoms with Crippen molar-refractivity contribution in [2.45, 2.75) is 27.9 Å². The number of halogens is 4. The van der Waals surface area contributed by atoms with Crippen LogP contribution in [-0.2, 0) is 32.8 Å². The highest BCUT2D eigenvalue weighted by Crippen LogP contribution is 2.30. The van der Waals surface area contributed by atoms with Crippen LogP contribution in [0.15, 0.2) is 166 Å². The van der Waals surface area contributed by atoms with Crippen molar-refractivity contribution in [3.05, 3.63) is 185 Å². The Morgan fingerprint density at radius 2 is 1.07 bits per heavy atom. The molecule has 2 aliphatic rings. The Kier molecular flexibility index (Phi) is 17.5. The van der Waals surface area contributed by atoms with Crippen LogP contribution >= 0.6 is 24.0 Å². The third-order valence-electron chi connectivity index (χ3n) is 11.2. The number of hydrogen-bond acceptors (Lipinski definition) is 11. The molecule has 0 bridgehead atoms. The van der Waals surface area contributed by atoms with Crippen LogP contribution in [0.2, 0.25) is 0 Å². The SMILES string of the molecule is Cl.O=S(=O)(CCl)c1cccc(F)c1.O=S(=O)(c1cccc(F)c1)c1[nH]nc2ccc(N3CCN(Cc4ccccc4)CC3)cc12.O=[N+]([O-])c1ccc(N2CCN(Cc3ccccc3)CC2)cc1. The van der Waals surface area contributed by atoms with Crippen molar-refractivity contribution in [3.8, 4) is 0 Å². The molecule has 2 aliphatic heterocycles. The van der Waals surface area contributed by atoms with E-state index in [1.165, 1.54) is 47.5 Å². The summed E-state index contributed by atoms with van der Waals surface area (Å²) in [5.41, 5.74) is 5.36. The highest BCUT2D eigenvalue weighted by Gasteiger charge is 2.25. The zero-order chi connectivity index (χ0) is 46.7. The van der Waals surface area contributed by atoms with Crippen LogP contribution in [0, 0.1) is 21.7 Å². The number of alkyl halides is 1. The van der Waals surface area contributed by atoms with Crippen molar-refractivity contribution < 1.29 is 30.5 Å². The Morgan fingerprint density at radius 1 is 0.597 bits per heavy atom. The molecule has 0 unspecified atom stereocenters. The maximum absolute atomic E-state index is 13.6. The molecule has 19 heteroatoms. The lowest BCUT2D eigenvalue weighted by molar-refractivity contribution is -0.384. The summed E-state index contributed by atoms with van der Waals surface area (Å²) in [5.74, 6) is -1.18. The molecule has 67 heavy (non-hydrogen) atoms. The second-order valence-corrected chi connectivity index (χ2v) is 20.1. The number of rotatable bonds is 11. The summed E-state index contributed by atoms with van der Waals surface area (Å²) >= 11 is 5.17.